The summed E-state index contributed by atoms with van der Waals surface area (Å²) in [6, 6.07) is 2.14. The lowest BCUT2D eigenvalue weighted by Gasteiger charge is -2.32. The van der Waals surface area contributed by atoms with Gasteiger partial charge in [0.05, 0.1) is 11.7 Å². The Labute approximate surface area is 122 Å². The van der Waals surface area contributed by atoms with Crippen LogP contribution in [0, 0.1) is 6.92 Å². The number of nitrogen functional groups attached to an aromatic ring is 1. The molecule has 0 amide bonds. The van der Waals surface area contributed by atoms with Crippen LogP contribution in [0.15, 0.2) is 6.07 Å². The second-order valence-corrected chi connectivity index (χ2v) is 5.61. The molecule has 8 heteroatoms. The first kappa shape index (κ1) is 13.7. The van der Waals surface area contributed by atoms with Gasteiger partial charge in [0.1, 0.15) is 11.6 Å². The monoisotopic (exact) mass is 288 g/mol. The van der Waals surface area contributed by atoms with Gasteiger partial charge in [-0.15, -0.1) is 0 Å². The molecule has 1 unspecified atom stereocenters. The van der Waals surface area contributed by atoms with Gasteiger partial charge in [0.15, 0.2) is 5.82 Å². The summed E-state index contributed by atoms with van der Waals surface area (Å²) in [5, 5.41) is 10.2. The summed E-state index contributed by atoms with van der Waals surface area (Å²) in [6.45, 7) is 3.84. The average molecular weight is 288 g/mol. The first-order valence-electron chi connectivity index (χ1n) is 7.06. The SMILES string of the molecule is Cc1nc(C(C)Nc2cc(C3CC(N)C3)nc(N)n2)n[nH]1. The number of H-pyrrole nitrogens is 1. The molecule has 1 saturated carbocycles. The van der Waals surface area contributed by atoms with Gasteiger partial charge < -0.3 is 16.8 Å². The van der Waals surface area contributed by atoms with E-state index in [4.69, 9.17) is 11.5 Å². The highest BCUT2D eigenvalue weighted by molar-refractivity contribution is 5.43. The Hall–Kier alpha value is -2.22. The van der Waals surface area contributed by atoms with E-state index in [-0.39, 0.29) is 18.0 Å². The van der Waals surface area contributed by atoms with Gasteiger partial charge >= 0.3 is 0 Å². The number of hydrogen-bond donors (Lipinski definition) is 4. The average Bonchev–Trinajstić information content (AvgIpc) is 2.81. The summed E-state index contributed by atoms with van der Waals surface area (Å²) in [5.74, 6) is 2.82. The predicted octanol–water partition coefficient (Wildman–Crippen LogP) is 0.863. The maximum atomic E-state index is 5.83. The number of nitrogens with one attached hydrogen (secondary N) is 2. The zero-order valence-electron chi connectivity index (χ0n) is 12.2. The molecule has 0 spiro atoms. The van der Waals surface area contributed by atoms with E-state index < -0.39 is 0 Å². The van der Waals surface area contributed by atoms with Gasteiger partial charge in [0.2, 0.25) is 5.95 Å². The molecule has 1 aliphatic rings. The summed E-state index contributed by atoms with van der Waals surface area (Å²) in [6.07, 6.45) is 1.90. The van der Waals surface area contributed by atoms with Crippen LogP contribution in [-0.4, -0.2) is 31.2 Å². The van der Waals surface area contributed by atoms with Crippen molar-refractivity contribution in [2.45, 2.75) is 44.7 Å². The van der Waals surface area contributed by atoms with E-state index in [1.54, 1.807) is 0 Å². The van der Waals surface area contributed by atoms with E-state index in [0.717, 1.165) is 24.4 Å². The highest BCUT2D eigenvalue weighted by atomic mass is 15.2. The van der Waals surface area contributed by atoms with Crippen molar-refractivity contribution in [1.29, 1.82) is 0 Å². The van der Waals surface area contributed by atoms with E-state index in [1.165, 1.54) is 0 Å². The van der Waals surface area contributed by atoms with E-state index in [1.807, 2.05) is 19.9 Å². The van der Waals surface area contributed by atoms with Crippen LogP contribution in [0.5, 0.6) is 0 Å². The zero-order chi connectivity index (χ0) is 15.0. The molecular formula is C13H20N8. The molecule has 1 atom stereocenters. The molecule has 2 aromatic rings. The summed E-state index contributed by atoms with van der Waals surface area (Å²) in [5.41, 5.74) is 12.6. The maximum Gasteiger partial charge on any atom is 0.222 e. The number of aromatic amines is 1. The first-order valence-corrected chi connectivity index (χ1v) is 7.06. The predicted molar refractivity (Wildman–Crippen MR) is 79.6 cm³/mol. The van der Waals surface area contributed by atoms with Gasteiger partial charge in [0, 0.05) is 18.0 Å². The molecule has 8 nitrogen and oxygen atoms in total. The molecule has 0 aromatic carbocycles. The van der Waals surface area contributed by atoms with E-state index in [9.17, 15) is 0 Å². The Morgan fingerprint density at radius 3 is 2.71 bits per heavy atom. The molecule has 112 valence electrons. The fourth-order valence-corrected chi connectivity index (χ4v) is 2.51. The quantitative estimate of drug-likeness (QED) is 0.656. The molecule has 1 fully saturated rings. The third-order valence-electron chi connectivity index (χ3n) is 3.72. The van der Waals surface area contributed by atoms with Crippen LogP contribution < -0.4 is 16.8 Å². The van der Waals surface area contributed by atoms with Crippen molar-refractivity contribution in [1.82, 2.24) is 25.1 Å². The number of anilines is 2. The van der Waals surface area contributed by atoms with Crippen molar-refractivity contribution in [3.63, 3.8) is 0 Å². The second-order valence-electron chi connectivity index (χ2n) is 5.61. The van der Waals surface area contributed by atoms with Crippen molar-refractivity contribution >= 4 is 11.8 Å². The summed E-state index contributed by atoms with van der Waals surface area (Å²) in [7, 11) is 0. The van der Waals surface area contributed by atoms with Crippen molar-refractivity contribution in [2.24, 2.45) is 5.73 Å². The zero-order valence-corrected chi connectivity index (χ0v) is 12.2. The Bertz CT molecular complexity index is 631. The van der Waals surface area contributed by atoms with Crippen molar-refractivity contribution < 1.29 is 0 Å². The van der Waals surface area contributed by atoms with Gasteiger partial charge in [-0.3, -0.25) is 5.10 Å². The van der Waals surface area contributed by atoms with E-state index in [0.29, 0.717) is 17.6 Å². The van der Waals surface area contributed by atoms with Gasteiger partial charge in [-0.25, -0.2) is 9.97 Å². The van der Waals surface area contributed by atoms with E-state index >= 15 is 0 Å². The minimum absolute atomic E-state index is 0.0688. The number of hydrogen-bond acceptors (Lipinski definition) is 7. The van der Waals surface area contributed by atoms with Crippen LogP contribution in [0.1, 0.15) is 49.1 Å². The Morgan fingerprint density at radius 1 is 1.33 bits per heavy atom. The molecule has 0 bridgehead atoms. The standard InChI is InChI=1S/C13H20N8/c1-6(12-17-7(2)20-21-12)16-11-5-10(18-13(15)19-11)8-3-9(14)4-8/h5-6,8-9H,3-4,14H2,1-2H3,(H,17,20,21)(H3,15,16,18,19). The fourth-order valence-electron chi connectivity index (χ4n) is 2.51. The Kier molecular flexibility index (Phi) is 3.46. The van der Waals surface area contributed by atoms with Crippen LogP contribution in [0.25, 0.3) is 0 Å². The molecule has 2 heterocycles. The lowest BCUT2D eigenvalue weighted by Crippen LogP contribution is -2.35. The largest absolute Gasteiger partial charge is 0.368 e. The number of nitrogens with zero attached hydrogens (tertiary/aromatic N) is 4. The van der Waals surface area contributed by atoms with Crippen LogP contribution in [0.4, 0.5) is 11.8 Å². The highest BCUT2D eigenvalue weighted by Crippen LogP contribution is 2.35. The number of aromatic nitrogens is 5. The van der Waals surface area contributed by atoms with Gasteiger partial charge in [0.25, 0.3) is 0 Å². The molecule has 0 aliphatic heterocycles. The summed E-state index contributed by atoms with van der Waals surface area (Å²) >= 11 is 0. The molecule has 6 N–H and O–H groups in total. The normalized spacial score (nSPS) is 22.6. The molecule has 3 rings (SSSR count). The van der Waals surface area contributed by atoms with Gasteiger partial charge in [-0.05, 0) is 26.7 Å². The third kappa shape index (κ3) is 2.94. The molecule has 0 saturated heterocycles. The van der Waals surface area contributed by atoms with Crippen molar-refractivity contribution in [2.75, 3.05) is 11.1 Å². The van der Waals surface area contributed by atoms with Crippen LogP contribution >= 0.6 is 0 Å². The maximum absolute atomic E-state index is 5.83. The van der Waals surface area contributed by atoms with Gasteiger partial charge in [-0.1, -0.05) is 0 Å². The molecule has 1 aliphatic carbocycles. The van der Waals surface area contributed by atoms with Crippen LogP contribution in [0.2, 0.25) is 0 Å². The Morgan fingerprint density at radius 2 is 2.10 bits per heavy atom. The number of rotatable bonds is 4. The topological polar surface area (TPSA) is 131 Å². The Balaban J connectivity index is 1.75. The van der Waals surface area contributed by atoms with Gasteiger partial charge in [-0.2, -0.15) is 10.1 Å². The molecular weight excluding hydrogens is 268 g/mol. The second kappa shape index (κ2) is 5.28. The van der Waals surface area contributed by atoms with Crippen molar-refractivity contribution in [3.05, 3.63) is 23.4 Å². The minimum Gasteiger partial charge on any atom is -0.368 e. The van der Waals surface area contributed by atoms with Crippen LogP contribution in [-0.2, 0) is 0 Å². The molecule has 2 aromatic heterocycles. The first-order chi connectivity index (χ1) is 10.0. The highest BCUT2D eigenvalue weighted by Gasteiger charge is 2.29. The van der Waals surface area contributed by atoms with Crippen molar-refractivity contribution in [3.8, 4) is 0 Å². The lowest BCUT2D eigenvalue weighted by atomic mass is 9.78. The summed E-state index contributed by atoms with van der Waals surface area (Å²) in [4.78, 5) is 12.8. The molecule has 0 radical (unpaired) electrons. The van der Waals surface area contributed by atoms with Crippen LogP contribution in [0.3, 0.4) is 0 Å². The van der Waals surface area contributed by atoms with E-state index in [2.05, 4.69) is 30.5 Å². The minimum atomic E-state index is -0.0688. The number of nitrogens with two attached hydrogens (primary N) is 2. The number of aryl methyl sites for hydroxylation is 1. The molecule has 21 heavy (non-hydrogen) atoms. The fraction of sp³-hybridized carbons (Fsp3) is 0.538. The lowest BCUT2D eigenvalue weighted by molar-refractivity contribution is 0.345. The third-order valence-corrected chi connectivity index (χ3v) is 3.72. The smallest absolute Gasteiger partial charge is 0.222 e. The summed E-state index contributed by atoms with van der Waals surface area (Å²) < 4.78 is 0.